The van der Waals surface area contributed by atoms with Gasteiger partial charge in [0.2, 0.25) is 5.43 Å². The highest BCUT2D eigenvalue weighted by molar-refractivity contribution is 5.96. The van der Waals surface area contributed by atoms with E-state index in [-0.39, 0.29) is 18.9 Å². The number of carbonyl (C=O) groups excluding carboxylic acids is 1. The number of aliphatic hydroxyl groups is 1. The molecule has 1 aromatic heterocycles. The molecule has 0 radical (unpaired) electrons. The Morgan fingerprint density at radius 3 is 2.06 bits per heavy atom. The Bertz CT molecular complexity index is 1240. The third kappa shape index (κ3) is 4.19. The lowest BCUT2D eigenvalue weighted by molar-refractivity contribution is 0.0146. The number of aryl methyl sites for hydroxylation is 2. The van der Waals surface area contributed by atoms with Gasteiger partial charge in [-0.05, 0) is 43.0 Å². The van der Waals surface area contributed by atoms with Gasteiger partial charge in [-0.15, -0.1) is 0 Å². The van der Waals surface area contributed by atoms with E-state index in [1.54, 1.807) is 0 Å². The molecule has 0 spiro atoms. The van der Waals surface area contributed by atoms with Crippen molar-refractivity contribution in [2.24, 2.45) is 0 Å². The van der Waals surface area contributed by atoms with Crippen molar-refractivity contribution in [3.05, 3.63) is 99.0 Å². The van der Waals surface area contributed by atoms with E-state index in [1.165, 1.54) is 28.9 Å². The Kier molecular flexibility index (Phi) is 6.95. The van der Waals surface area contributed by atoms with Crippen molar-refractivity contribution in [2.75, 3.05) is 25.3 Å². The summed E-state index contributed by atoms with van der Waals surface area (Å²) in [6, 6.07) is 16.2. The number of amides is 1. The van der Waals surface area contributed by atoms with E-state index in [4.69, 9.17) is 4.74 Å². The van der Waals surface area contributed by atoms with Crippen LogP contribution in [0.4, 0.5) is 0 Å². The first-order valence-corrected chi connectivity index (χ1v) is 11.6. The molecule has 3 aromatic rings. The molecule has 0 saturated carbocycles. The molecule has 35 heavy (non-hydrogen) atoms. The topological polar surface area (TPSA) is 95.2 Å². The van der Waals surface area contributed by atoms with Gasteiger partial charge in [-0.1, -0.05) is 48.5 Å². The van der Waals surface area contributed by atoms with E-state index in [2.05, 4.69) is 0 Å². The molecular weight excluding hydrogens is 446 g/mol. The first kappa shape index (κ1) is 24.5. The highest BCUT2D eigenvalue weighted by Crippen LogP contribution is 2.37. The lowest BCUT2D eigenvalue weighted by Crippen LogP contribution is -2.66. The van der Waals surface area contributed by atoms with Crippen LogP contribution in [-0.4, -0.2) is 58.2 Å². The molecule has 0 saturated heterocycles. The Hall–Kier alpha value is -3.62. The monoisotopic (exact) mass is 477 g/mol. The maximum Gasteiger partial charge on any atom is 0.278 e. The highest BCUT2D eigenvalue weighted by atomic mass is 16.5. The number of carbonyl (C=O) groups is 1. The van der Waals surface area contributed by atoms with Gasteiger partial charge < -0.3 is 19.8 Å². The second-order valence-electron chi connectivity index (χ2n) is 8.90. The number of aliphatic hydroxyl groups excluding tert-OH is 1. The van der Waals surface area contributed by atoms with Crippen LogP contribution in [0.15, 0.2) is 65.6 Å². The van der Waals surface area contributed by atoms with Crippen molar-refractivity contribution >= 4 is 5.91 Å². The number of aromatic hydroxyl groups is 1. The minimum Gasteiger partial charge on any atom is -0.502 e. The molecular formula is C27H31N3O5. The molecule has 0 bridgehead atoms. The van der Waals surface area contributed by atoms with Gasteiger partial charge >= 0.3 is 0 Å². The van der Waals surface area contributed by atoms with Crippen molar-refractivity contribution in [1.82, 2.24) is 9.58 Å². The molecule has 1 amide bonds. The Labute approximate surface area is 204 Å². The van der Waals surface area contributed by atoms with Crippen molar-refractivity contribution in [2.45, 2.75) is 39.0 Å². The molecule has 1 aliphatic rings. The lowest BCUT2D eigenvalue weighted by Gasteiger charge is -2.51. The second kappa shape index (κ2) is 9.93. The van der Waals surface area contributed by atoms with E-state index < -0.39 is 35.3 Å². The molecule has 2 heterocycles. The Morgan fingerprint density at radius 1 is 0.971 bits per heavy atom. The number of rotatable bonds is 7. The molecule has 0 fully saturated rings. The molecule has 2 aromatic carbocycles. The van der Waals surface area contributed by atoms with Gasteiger partial charge in [0.05, 0.1) is 25.3 Å². The summed E-state index contributed by atoms with van der Waals surface area (Å²) in [6.07, 6.45) is 0.686. The number of ether oxygens (including phenoxy) is 1. The zero-order chi connectivity index (χ0) is 25.3. The van der Waals surface area contributed by atoms with E-state index >= 15 is 0 Å². The summed E-state index contributed by atoms with van der Waals surface area (Å²) >= 11 is 0. The molecule has 8 heteroatoms. The number of benzene rings is 2. The Morgan fingerprint density at radius 2 is 1.54 bits per heavy atom. The van der Waals surface area contributed by atoms with Gasteiger partial charge in [0.25, 0.3) is 5.91 Å². The number of pyridine rings is 1. The minimum absolute atomic E-state index is 0.141. The van der Waals surface area contributed by atoms with Crippen molar-refractivity contribution in [3.63, 3.8) is 0 Å². The third-order valence-electron chi connectivity index (χ3n) is 6.64. The molecule has 2 atom stereocenters. The van der Waals surface area contributed by atoms with E-state index in [0.717, 1.165) is 22.3 Å². The number of fused-ring (bicyclic) bond motifs is 1. The summed E-state index contributed by atoms with van der Waals surface area (Å²) in [4.78, 5) is 27.5. The quantitative estimate of drug-likeness (QED) is 0.543. The average Bonchev–Trinajstić information content (AvgIpc) is 2.84. The lowest BCUT2D eigenvalue weighted by atomic mass is 9.91. The van der Waals surface area contributed by atoms with Gasteiger partial charge in [-0.2, -0.15) is 0 Å². The van der Waals surface area contributed by atoms with Crippen LogP contribution in [-0.2, 0) is 4.74 Å². The van der Waals surface area contributed by atoms with Crippen molar-refractivity contribution < 1.29 is 19.7 Å². The van der Waals surface area contributed by atoms with Crippen LogP contribution in [0.5, 0.6) is 5.75 Å². The standard InChI is InChI=1S/C27H31N3O5/c1-17-9-5-7-11-20(17)24(21-12-8-6-10-18(21)2)30-23(15-31)29(19(3)16-35-4)27(34)25-26(33)22(32)13-14-28(25)30/h5-14,19,23-24,31,33H,15-16H2,1-4H3. The predicted octanol–water partition coefficient (Wildman–Crippen LogP) is 2.71. The number of aromatic nitrogens is 1. The van der Waals surface area contributed by atoms with Gasteiger partial charge in [-0.25, -0.2) is 0 Å². The number of nitrogens with zero attached hydrogens (tertiary/aromatic N) is 3. The van der Waals surface area contributed by atoms with E-state index in [1.807, 2.05) is 74.3 Å². The van der Waals surface area contributed by atoms with Gasteiger partial charge in [0.15, 0.2) is 11.4 Å². The Balaban J connectivity index is 2.07. The summed E-state index contributed by atoms with van der Waals surface area (Å²) in [5.74, 6) is -1.17. The van der Waals surface area contributed by atoms with Gasteiger partial charge in [0.1, 0.15) is 6.17 Å². The zero-order valence-electron chi connectivity index (χ0n) is 20.4. The fourth-order valence-corrected chi connectivity index (χ4v) is 4.96. The third-order valence-corrected chi connectivity index (χ3v) is 6.64. The van der Waals surface area contributed by atoms with Gasteiger partial charge in [-0.3, -0.25) is 19.3 Å². The van der Waals surface area contributed by atoms with Crippen LogP contribution >= 0.6 is 0 Å². The van der Waals surface area contributed by atoms with Crippen LogP contribution in [0.25, 0.3) is 0 Å². The highest BCUT2D eigenvalue weighted by Gasteiger charge is 2.45. The van der Waals surface area contributed by atoms with Crippen LogP contribution in [0.1, 0.15) is 45.7 Å². The largest absolute Gasteiger partial charge is 0.502 e. The number of hydrogen-bond donors (Lipinski definition) is 2. The molecule has 0 aliphatic carbocycles. The SMILES string of the molecule is COCC(C)N1C(=O)c2c(O)c(=O)ccn2N(C(c2ccccc2C)c2ccccc2C)C1CO. The van der Waals surface area contributed by atoms with E-state index in [9.17, 15) is 19.8 Å². The summed E-state index contributed by atoms with van der Waals surface area (Å²) in [5.41, 5.74) is 3.21. The summed E-state index contributed by atoms with van der Waals surface area (Å²) in [7, 11) is 1.54. The second-order valence-corrected chi connectivity index (χ2v) is 8.90. The van der Waals surface area contributed by atoms with Crippen molar-refractivity contribution in [3.8, 4) is 5.75 Å². The minimum atomic E-state index is -0.800. The normalized spacial score (nSPS) is 16.5. The fraction of sp³-hybridized carbons (Fsp3) is 0.333. The first-order chi connectivity index (χ1) is 16.8. The molecule has 2 unspecified atom stereocenters. The summed E-state index contributed by atoms with van der Waals surface area (Å²) in [5, 5.41) is 23.3. The molecule has 4 rings (SSSR count). The molecule has 2 N–H and O–H groups in total. The summed E-state index contributed by atoms with van der Waals surface area (Å²) in [6.45, 7) is 5.68. The predicted molar refractivity (Wildman–Crippen MR) is 133 cm³/mol. The number of hydrogen-bond acceptors (Lipinski definition) is 6. The molecule has 8 nitrogen and oxygen atoms in total. The van der Waals surface area contributed by atoms with Crippen LogP contribution < -0.4 is 10.4 Å². The molecule has 184 valence electrons. The maximum absolute atomic E-state index is 13.7. The maximum atomic E-state index is 13.7. The zero-order valence-corrected chi connectivity index (χ0v) is 20.4. The van der Waals surface area contributed by atoms with Crippen LogP contribution in [0.3, 0.4) is 0 Å². The fourth-order valence-electron chi connectivity index (χ4n) is 4.96. The van der Waals surface area contributed by atoms with Crippen LogP contribution in [0, 0.1) is 13.8 Å². The summed E-state index contributed by atoms with van der Waals surface area (Å²) < 4.78 is 6.83. The number of methoxy groups -OCH3 is 1. The first-order valence-electron chi connectivity index (χ1n) is 11.6. The average molecular weight is 478 g/mol. The molecule has 1 aliphatic heterocycles. The van der Waals surface area contributed by atoms with Crippen LogP contribution in [0.2, 0.25) is 0 Å². The van der Waals surface area contributed by atoms with E-state index in [0.29, 0.717) is 0 Å². The smallest absolute Gasteiger partial charge is 0.278 e. The van der Waals surface area contributed by atoms with Gasteiger partial charge in [0, 0.05) is 19.4 Å². The van der Waals surface area contributed by atoms with Crippen molar-refractivity contribution in [1.29, 1.82) is 0 Å².